The molecule has 0 atom stereocenters. The van der Waals surface area contributed by atoms with Crippen LogP contribution in [0.4, 0.5) is 0 Å². The van der Waals surface area contributed by atoms with Gasteiger partial charge in [0.15, 0.2) is 5.78 Å². The van der Waals surface area contributed by atoms with Crippen molar-refractivity contribution < 1.29 is 9.53 Å². The van der Waals surface area contributed by atoms with Crippen LogP contribution in [0.15, 0.2) is 48.5 Å². The largest absolute Gasteiger partial charge is 0.497 e. The van der Waals surface area contributed by atoms with Gasteiger partial charge >= 0.3 is 0 Å². The fourth-order valence-corrected chi connectivity index (χ4v) is 2.40. The van der Waals surface area contributed by atoms with E-state index in [0.717, 1.165) is 20.4 Å². The molecule has 0 spiro atoms. The Hall–Kier alpha value is -1.36. The van der Waals surface area contributed by atoms with Crippen molar-refractivity contribution in [3.63, 3.8) is 0 Å². The van der Waals surface area contributed by atoms with Crippen LogP contribution in [0.1, 0.15) is 15.9 Å². The minimum Gasteiger partial charge on any atom is -0.497 e. The lowest BCUT2D eigenvalue weighted by atomic mass is 10.0. The summed E-state index contributed by atoms with van der Waals surface area (Å²) < 4.78 is 6.09. The van der Waals surface area contributed by atoms with E-state index in [1.54, 1.807) is 7.11 Å². The third-order valence-corrected chi connectivity index (χ3v) is 3.64. The quantitative estimate of drug-likeness (QED) is 0.619. The Morgan fingerprint density at radius 3 is 2.39 bits per heavy atom. The molecule has 0 amide bonds. The lowest BCUT2D eigenvalue weighted by Gasteiger charge is -2.05. The Balaban J connectivity index is 2.14. The topological polar surface area (TPSA) is 26.3 Å². The number of hydrogen-bond acceptors (Lipinski definition) is 2. The van der Waals surface area contributed by atoms with E-state index in [1.165, 1.54) is 0 Å². The fourth-order valence-electron chi connectivity index (χ4n) is 1.71. The average Bonchev–Trinajstić information content (AvgIpc) is 2.40. The molecule has 2 nitrogen and oxygen atoms in total. The van der Waals surface area contributed by atoms with Gasteiger partial charge in [-0.15, -0.1) is 0 Å². The Kier molecular flexibility index (Phi) is 4.36. The highest BCUT2D eigenvalue weighted by molar-refractivity contribution is 14.1. The molecule has 18 heavy (non-hydrogen) atoms. The predicted molar refractivity (Wildman–Crippen MR) is 80.2 cm³/mol. The van der Waals surface area contributed by atoms with Crippen molar-refractivity contribution >= 4 is 28.4 Å². The minimum absolute atomic E-state index is 0.144. The maximum absolute atomic E-state index is 12.2. The second-order valence-corrected chi connectivity index (χ2v) is 5.09. The first-order valence-corrected chi connectivity index (χ1v) is 6.69. The van der Waals surface area contributed by atoms with Gasteiger partial charge in [0.1, 0.15) is 5.75 Å². The molecule has 0 saturated heterocycles. The number of methoxy groups -OCH3 is 1. The van der Waals surface area contributed by atoms with Crippen LogP contribution in [0, 0.1) is 3.57 Å². The summed E-state index contributed by atoms with van der Waals surface area (Å²) >= 11 is 2.19. The molecule has 3 heteroatoms. The first-order valence-electron chi connectivity index (χ1n) is 5.61. The molecule has 0 unspecified atom stereocenters. The summed E-state index contributed by atoms with van der Waals surface area (Å²) in [5.74, 6) is 0.950. The van der Waals surface area contributed by atoms with Gasteiger partial charge in [-0.2, -0.15) is 0 Å². The minimum atomic E-state index is 0.144. The lowest BCUT2D eigenvalue weighted by Crippen LogP contribution is -2.05. The number of Topliss-reactive ketones (excluding diaryl/α,β-unsaturated/α-hetero) is 1. The standard InChI is InChI=1S/C15H13IO2/c1-18-12-8-6-11(7-9-12)10-15(17)13-4-2-3-5-14(13)16/h2-9H,10H2,1H3. The average molecular weight is 352 g/mol. The number of carbonyl (C=O) groups is 1. The van der Waals surface area contributed by atoms with Gasteiger partial charge in [0.2, 0.25) is 0 Å². The van der Waals surface area contributed by atoms with Crippen LogP contribution in [0.3, 0.4) is 0 Å². The summed E-state index contributed by atoms with van der Waals surface area (Å²) in [4.78, 5) is 12.2. The van der Waals surface area contributed by atoms with E-state index < -0.39 is 0 Å². The predicted octanol–water partition coefficient (Wildman–Crippen LogP) is 3.73. The highest BCUT2D eigenvalue weighted by Crippen LogP contribution is 2.16. The summed E-state index contributed by atoms with van der Waals surface area (Å²) in [5.41, 5.74) is 1.79. The van der Waals surface area contributed by atoms with Crippen LogP contribution in [-0.4, -0.2) is 12.9 Å². The van der Waals surface area contributed by atoms with E-state index in [1.807, 2.05) is 48.5 Å². The zero-order chi connectivity index (χ0) is 13.0. The monoisotopic (exact) mass is 352 g/mol. The summed E-state index contributed by atoms with van der Waals surface area (Å²) in [6, 6.07) is 15.2. The molecule has 92 valence electrons. The summed E-state index contributed by atoms with van der Waals surface area (Å²) in [7, 11) is 1.63. The van der Waals surface area contributed by atoms with Crippen molar-refractivity contribution in [2.75, 3.05) is 7.11 Å². The molecule has 0 heterocycles. The van der Waals surface area contributed by atoms with E-state index in [9.17, 15) is 4.79 Å². The lowest BCUT2D eigenvalue weighted by molar-refractivity contribution is 0.0992. The molecule has 0 aliphatic carbocycles. The molecule has 0 fully saturated rings. The highest BCUT2D eigenvalue weighted by atomic mass is 127. The van der Waals surface area contributed by atoms with Crippen molar-refractivity contribution in [1.82, 2.24) is 0 Å². The number of halogens is 1. The SMILES string of the molecule is COc1ccc(CC(=O)c2ccccc2I)cc1. The molecular weight excluding hydrogens is 339 g/mol. The Bertz CT molecular complexity index is 547. The van der Waals surface area contributed by atoms with Gasteiger partial charge in [-0.05, 0) is 46.4 Å². The maximum Gasteiger partial charge on any atom is 0.168 e. The van der Waals surface area contributed by atoms with Crippen LogP contribution in [0.25, 0.3) is 0 Å². The Morgan fingerprint density at radius 1 is 1.11 bits per heavy atom. The van der Waals surface area contributed by atoms with Gasteiger partial charge in [-0.3, -0.25) is 4.79 Å². The van der Waals surface area contributed by atoms with Crippen molar-refractivity contribution in [3.8, 4) is 5.75 Å². The van der Waals surface area contributed by atoms with Crippen molar-refractivity contribution in [3.05, 3.63) is 63.2 Å². The molecule has 0 saturated carbocycles. The van der Waals surface area contributed by atoms with E-state index in [0.29, 0.717) is 6.42 Å². The van der Waals surface area contributed by atoms with E-state index in [2.05, 4.69) is 22.6 Å². The number of ether oxygens (including phenoxy) is 1. The summed E-state index contributed by atoms with van der Waals surface area (Å²) in [5, 5.41) is 0. The first kappa shape index (κ1) is 13.1. The summed E-state index contributed by atoms with van der Waals surface area (Å²) in [6.45, 7) is 0. The van der Waals surface area contributed by atoms with E-state index >= 15 is 0 Å². The third-order valence-electron chi connectivity index (χ3n) is 2.70. The molecule has 0 radical (unpaired) electrons. The molecule has 0 bridgehead atoms. The zero-order valence-corrected chi connectivity index (χ0v) is 12.2. The van der Waals surface area contributed by atoms with E-state index in [-0.39, 0.29) is 5.78 Å². The van der Waals surface area contributed by atoms with E-state index in [4.69, 9.17) is 4.74 Å². The van der Waals surface area contributed by atoms with Crippen molar-refractivity contribution in [1.29, 1.82) is 0 Å². The van der Waals surface area contributed by atoms with Crippen LogP contribution < -0.4 is 4.74 Å². The molecule has 0 N–H and O–H groups in total. The van der Waals surface area contributed by atoms with Gasteiger partial charge in [0.05, 0.1) is 7.11 Å². The van der Waals surface area contributed by atoms with Crippen molar-refractivity contribution in [2.24, 2.45) is 0 Å². The maximum atomic E-state index is 12.2. The molecule has 0 aromatic heterocycles. The highest BCUT2D eigenvalue weighted by Gasteiger charge is 2.09. The Morgan fingerprint density at radius 2 is 1.78 bits per heavy atom. The van der Waals surface area contributed by atoms with Gasteiger partial charge < -0.3 is 4.74 Å². The second-order valence-electron chi connectivity index (χ2n) is 3.93. The van der Waals surface area contributed by atoms with Gasteiger partial charge in [0, 0.05) is 15.6 Å². The smallest absolute Gasteiger partial charge is 0.168 e. The molecular formula is C15H13IO2. The van der Waals surface area contributed by atoms with Crippen LogP contribution in [0.5, 0.6) is 5.75 Å². The van der Waals surface area contributed by atoms with Crippen molar-refractivity contribution in [2.45, 2.75) is 6.42 Å². The normalized spacial score (nSPS) is 10.1. The third kappa shape index (κ3) is 3.10. The fraction of sp³-hybridized carbons (Fsp3) is 0.133. The van der Waals surface area contributed by atoms with Gasteiger partial charge in [0.25, 0.3) is 0 Å². The molecule has 0 aliphatic rings. The zero-order valence-electron chi connectivity index (χ0n) is 10.0. The number of carbonyl (C=O) groups excluding carboxylic acids is 1. The van der Waals surface area contributed by atoms with Crippen LogP contribution >= 0.6 is 22.6 Å². The van der Waals surface area contributed by atoms with Crippen LogP contribution in [-0.2, 0) is 6.42 Å². The molecule has 2 rings (SSSR count). The number of ketones is 1. The van der Waals surface area contributed by atoms with Crippen LogP contribution in [0.2, 0.25) is 0 Å². The first-order chi connectivity index (χ1) is 8.70. The molecule has 0 aliphatic heterocycles. The molecule has 2 aromatic carbocycles. The van der Waals surface area contributed by atoms with Gasteiger partial charge in [-0.25, -0.2) is 0 Å². The second kappa shape index (κ2) is 6.00. The summed E-state index contributed by atoms with van der Waals surface area (Å²) in [6.07, 6.45) is 0.421. The number of rotatable bonds is 4. The number of benzene rings is 2. The number of hydrogen-bond donors (Lipinski definition) is 0. The van der Waals surface area contributed by atoms with Gasteiger partial charge in [-0.1, -0.05) is 30.3 Å². The molecule has 2 aromatic rings. The Labute approximate surface area is 120 Å².